The molecule has 77 valence electrons. The van der Waals surface area contributed by atoms with E-state index in [1.165, 1.54) is 6.07 Å². The number of nitrogens with zero attached hydrogens (tertiary/aromatic N) is 2. The molecule has 4 nitrogen and oxygen atoms in total. The fourth-order valence-electron chi connectivity index (χ4n) is 1.67. The first-order valence-electron chi connectivity index (χ1n) is 4.75. The highest BCUT2D eigenvalue weighted by Gasteiger charge is 2.07. The number of hydrogen-bond donors (Lipinski definition) is 0. The second kappa shape index (κ2) is 3.73. The van der Waals surface area contributed by atoms with Crippen LogP contribution in [0.2, 0.25) is 0 Å². The van der Waals surface area contributed by atoms with Gasteiger partial charge in [-0.15, -0.1) is 0 Å². The maximum Gasteiger partial charge on any atom is 0.270 e. The van der Waals surface area contributed by atoms with Crippen LogP contribution in [0, 0.1) is 17.0 Å². The summed E-state index contributed by atoms with van der Waals surface area (Å²) in [6.45, 7) is 4.62. The highest BCUT2D eigenvalue weighted by atomic mass is 16.6. The molecule has 15 heavy (non-hydrogen) atoms. The summed E-state index contributed by atoms with van der Waals surface area (Å²) >= 11 is 0. The lowest BCUT2D eigenvalue weighted by atomic mass is 10.2. The molecule has 0 unspecified atom stereocenters. The van der Waals surface area contributed by atoms with Crippen LogP contribution in [0.15, 0.2) is 30.5 Å². The number of nitro benzene ring substituents is 1. The average molecular weight is 203 g/mol. The molecule has 2 aromatic rings. The first-order chi connectivity index (χ1) is 7.22. The minimum Gasteiger partial charge on any atom is -0.347 e. The molecule has 0 amide bonds. The second-order valence-corrected chi connectivity index (χ2v) is 3.36. The average Bonchev–Trinajstić information content (AvgIpc) is 2.61. The maximum absolute atomic E-state index is 10.6. The lowest BCUT2D eigenvalue weighted by molar-refractivity contribution is -0.384. The number of nitro groups is 1. The second-order valence-electron chi connectivity index (χ2n) is 3.36. The third-order valence-corrected chi connectivity index (χ3v) is 2.36. The van der Waals surface area contributed by atoms with Crippen LogP contribution < -0.4 is 0 Å². The van der Waals surface area contributed by atoms with Crippen molar-refractivity contribution in [2.45, 2.75) is 13.0 Å². The molecule has 1 heterocycles. The molecule has 0 saturated heterocycles. The molecule has 0 fully saturated rings. The van der Waals surface area contributed by atoms with Crippen molar-refractivity contribution in [3.8, 4) is 0 Å². The van der Waals surface area contributed by atoms with Crippen LogP contribution in [0.3, 0.4) is 0 Å². The first-order valence-corrected chi connectivity index (χ1v) is 4.75. The zero-order valence-corrected chi connectivity index (χ0v) is 8.22. The lowest BCUT2D eigenvalue weighted by Gasteiger charge is -2.01. The largest absolute Gasteiger partial charge is 0.347 e. The van der Waals surface area contributed by atoms with Crippen molar-refractivity contribution in [1.82, 2.24) is 4.57 Å². The molecular formula is C11H11N2O2. The van der Waals surface area contributed by atoms with Gasteiger partial charge in [0, 0.05) is 35.8 Å². The van der Waals surface area contributed by atoms with Crippen molar-refractivity contribution in [2.75, 3.05) is 0 Å². The number of aromatic nitrogens is 1. The number of rotatable bonds is 3. The van der Waals surface area contributed by atoms with Gasteiger partial charge >= 0.3 is 0 Å². The molecule has 1 aromatic carbocycles. The summed E-state index contributed by atoms with van der Waals surface area (Å²) in [4.78, 5) is 10.2. The van der Waals surface area contributed by atoms with Crippen LogP contribution in [-0.2, 0) is 6.54 Å². The fraction of sp³-hybridized carbons (Fsp3) is 0.182. The molecule has 0 aliphatic carbocycles. The Bertz CT molecular complexity index is 502. The van der Waals surface area contributed by atoms with E-state index in [-0.39, 0.29) is 10.6 Å². The standard InChI is InChI=1S/C11H11N2O2/c1-2-6-12-7-5-9-8-10(13(14)15)3-4-11(9)12/h3-5,7-8H,1-2,6H2. The van der Waals surface area contributed by atoms with Crippen molar-refractivity contribution < 1.29 is 4.92 Å². The Morgan fingerprint density at radius 1 is 1.40 bits per heavy atom. The van der Waals surface area contributed by atoms with Gasteiger partial charge in [0.15, 0.2) is 0 Å². The van der Waals surface area contributed by atoms with Gasteiger partial charge in [0.2, 0.25) is 0 Å². The number of non-ortho nitro benzene ring substituents is 1. The van der Waals surface area contributed by atoms with Gasteiger partial charge in [-0.2, -0.15) is 0 Å². The Kier molecular flexibility index (Phi) is 2.41. The number of fused-ring (bicyclic) bond motifs is 1. The summed E-state index contributed by atoms with van der Waals surface area (Å²) in [5.41, 5.74) is 1.15. The molecule has 0 atom stereocenters. The Morgan fingerprint density at radius 3 is 2.87 bits per heavy atom. The van der Waals surface area contributed by atoms with E-state index in [1.807, 2.05) is 16.8 Å². The van der Waals surface area contributed by atoms with Crippen LogP contribution in [0.1, 0.15) is 6.42 Å². The molecule has 1 radical (unpaired) electrons. The van der Waals surface area contributed by atoms with Crippen molar-refractivity contribution in [1.29, 1.82) is 0 Å². The van der Waals surface area contributed by atoms with Gasteiger partial charge in [0.25, 0.3) is 5.69 Å². The molecular weight excluding hydrogens is 192 g/mol. The normalized spacial score (nSPS) is 10.7. The van der Waals surface area contributed by atoms with E-state index in [0.717, 1.165) is 23.9 Å². The van der Waals surface area contributed by atoms with E-state index in [1.54, 1.807) is 12.1 Å². The monoisotopic (exact) mass is 203 g/mol. The molecule has 2 rings (SSSR count). The SMILES string of the molecule is [CH2]CCn1ccc2cc([N+](=O)[O-])ccc21. The molecule has 0 N–H and O–H groups in total. The van der Waals surface area contributed by atoms with Crippen molar-refractivity contribution in [3.05, 3.63) is 47.5 Å². The zero-order valence-electron chi connectivity index (χ0n) is 8.22. The molecule has 0 saturated carbocycles. The highest BCUT2D eigenvalue weighted by Crippen LogP contribution is 2.21. The Labute approximate surface area is 87.3 Å². The molecule has 1 aromatic heterocycles. The number of hydrogen-bond acceptors (Lipinski definition) is 2. The Hall–Kier alpha value is -1.84. The molecule has 0 aliphatic rings. The minimum atomic E-state index is -0.377. The maximum atomic E-state index is 10.6. The summed E-state index contributed by atoms with van der Waals surface area (Å²) in [6, 6.07) is 6.79. The summed E-state index contributed by atoms with van der Waals surface area (Å²) in [5.74, 6) is 0. The van der Waals surface area contributed by atoms with Crippen molar-refractivity contribution >= 4 is 16.6 Å². The van der Waals surface area contributed by atoms with Crippen molar-refractivity contribution in [2.24, 2.45) is 0 Å². The molecule has 0 aliphatic heterocycles. The third-order valence-electron chi connectivity index (χ3n) is 2.36. The van der Waals surface area contributed by atoms with Gasteiger partial charge in [0.1, 0.15) is 0 Å². The number of aryl methyl sites for hydroxylation is 1. The van der Waals surface area contributed by atoms with Crippen LogP contribution in [0.25, 0.3) is 10.9 Å². The minimum absolute atomic E-state index is 0.134. The predicted molar refractivity (Wildman–Crippen MR) is 58.6 cm³/mol. The Morgan fingerprint density at radius 2 is 2.20 bits per heavy atom. The van der Waals surface area contributed by atoms with Gasteiger partial charge in [0.05, 0.1) is 4.92 Å². The highest BCUT2D eigenvalue weighted by molar-refractivity contribution is 5.82. The quantitative estimate of drug-likeness (QED) is 0.568. The van der Waals surface area contributed by atoms with E-state index >= 15 is 0 Å². The van der Waals surface area contributed by atoms with E-state index in [9.17, 15) is 10.1 Å². The summed E-state index contributed by atoms with van der Waals surface area (Å²) < 4.78 is 2.05. The van der Waals surface area contributed by atoms with Crippen molar-refractivity contribution in [3.63, 3.8) is 0 Å². The van der Waals surface area contributed by atoms with E-state index in [0.29, 0.717) is 0 Å². The van der Waals surface area contributed by atoms with E-state index in [2.05, 4.69) is 6.92 Å². The van der Waals surface area contributed by atoms with Gasteiger partial charge in [-0.25, -0.2) is 0 Å². The van der Waals surface area contributed by atoms with Gasteiger partial charge in [-0.05, 0) is 18.6 Å². The van der Waals surface area contributed by atoms with Gasteiger partial charge in [-0.1, -0.05) is 6.92 Å². The smallest absolute Gasteiger partial charge is 0.270 e. The van der Waals surface area contributed by atoms with Gasteiger partial charge in [-0.3, -0.25) is 10.1 Å². The molecule has 4 heteroatoms. The molecule has 0 spiro atoms. The van der Waals surface area contributed by atoms with Crippen LogP contribution in [0.4, 0.5) is 5.69 Å². The zero-order chi connectivity index (χ0) is 10.8. The van der Waals surface area contributed by atoms with E-state index < -0.39 is 0 Å². The van der Waals surface area contributed by atoms with Gasteiger partial charge < -0.3 is 4.57 Å². The van der Waals surface area contributed by atoms with E-state index in [4.69, 9.17) is 0 Å². The summed E-state index contributed by atoms with van der Waals surface area (Å²) in [7, 11) is 0. The topological polar surface area (TPSA) is 48.1 Å². The van der Waals surface area contributed by atoms with Crippen LogP contribution in [0.5, 0.6) is 0 Å². The predicted octanol–water partition coefficient (Wildman–Crippen LogP) is 2.77. The first kappa shape index (κ1) is 9.71. The van der Waals surface area contributed by atoms with Crippen LogP contribution >= 0.6 is 0 Å². The summed E-state index contributed by atoms with van der Waals surface area (Å²) in [5, 5.41) is 11.5. The van der Waals surface area contributed by atoms with Crippen LogP contribution in [-0.4, -0.2) is 9.49 Å². The Balaban J connectivity index is 2.51. The lowest BCUT2D eigenvalue weighted by Crippen LogP contribution is -1.94. The molecule has 0 bridgehead atoms. The fourth-order valence-corrected chi connectivity index (χ4v) is 1.67. The summed E-state index contributed by atoms with van der Waals surface area (Å²) in [6.07, 6.45) is 2.74. The number of benzene rings is 1. The third kappa shape index (κ3) is 1.70.